The summed E-state index contributed by atoms with van der Waals surface area (Å²) in [7, 11) is 0.839. The number of hydrogen-bond acceptors (Lipinski definition) is 4. The molecule has 1 saturated heterocycles. The Morgan fingerprint density at radius 3 is 2.47 bits per heavy atom. The van der Waals surface area contributed by atoms with Gasteiger partial charge in [0.15, 0.2) is 0 Å². The van der Waals surface area contributed by atoms with E-state index in [1.54, 1.807) is 16.4 Å². The van der Waals surface area contributed by atoms with E-state index in [4.69, 9.17) is 0 Å². The van der Waals surface area contributed by atoms with Gasteiger partial charge in [-0.25, -0.2) is 8.42 Å². The summed E-state index contributed by atoms with van der Waals surface area (Å²) in [5.41, 5.74) is 0. The lowest BCUT2D eigenvalue weighted by Crippen LogP contribution is -2.40. The van der Waals surface area contributed by atoms with Crippen LogP contribution >= 0.6 is 27.3 Å². The van der Waals surface area contributed by atoms with Crippen LogP contribution in [0.2, 0.25) is 0 Å². The summed E-state index contributed by atoms with van der Waals surface area (Å²) < 4.78 is 27.8. The highest BCUT2D eigenvalue weighted by Crippen LogP contribution is 2.30. The Morgan fingerprint density at radius 1 is 1.37 bits per heavy atom. The smallest absolute Gasteiger partial charge is 0.252 e. The first-order valence-corrected chi connectivity index (χ1v) is 9.35. The summed E-state index contributed by atoms with van der Waals surface area (Å²) in [4.78, 5) is 2.17. The monoisotopic (exact) mass is 366 g/mol. The molecular weight excluding hydrogens is 348 g/mol. The van der Waals surface area contributed by atoms with Crippen LogP contribution in [-0.2, 0) is 10.0 Å². The Morgan fingerprint density at radius 2 is 2.00 bits per heavy atom. The summed E-state index contributed by atoms with van der Waals surface area (Å²) in [6.07, 6.45) is 1.90. The van der Waals surface area contributed by atoms with Gasteiger partial charge in [0.1, 0.15) is 4.21 Å². The van der Waals surface area contributed by atoms with Crippen LogP contribution in [0, 0.1) is 5.92 Å². The molecule has 2 heterocycles. The number of sulfonamides is 1. The Kier molecular flexibility index (Phi) is 5.05. The van der Waals surface area contributed by atoms with Gasteiger partial charge in [-0.2, -0.15) is 4.31 Å². The molecule has 0 saturated carbocycles. The second-order valence-electron chi connectivity index (χ2n) is 5.17. The molecule has 0 unspecified atom stereocenters. The first kappa shape index (κ1) is 15.4. The number of rotatable bonds is 4. The molecule has 1 aromatic heterocycles. The van der Waals surface area contributed by atoms with Crippen LogP contribution < -0.4 is 0 Å². The normalized spacial score (nSPS) is 19.2. The lowest BCUT2D eigenvalue weighted by atomic mass is 9.98. The highest BCUT2D eigenvalue weighted by atomic mass is 79.9. The molecule has 0 aliphatic carbocycles. The maximum atomic E-state index is 12.4. The van der Waals surface area contributed by atoms with Crippen molar-refractivity contribution >= 4 is 37.3 Å². The van der Waals surface area contributed by atoms with Crippen molar-refractivity contribution < 1.29 is 8.42 Å². The average molecular weight is 367 g/mol. The van der Waals surface area contributed by atoms with Crippen molar-refractivity contribution in [3.8, 4) is 0 Å². The molecule has 4 nitrogen and oxygen atoms in total. The van der Waals surface area contributed by atoms with Crippen molar-refractivity contribution in [1.82, 2.24) is 9.21 Å². The van der Waals surface area contributed by atoms with E-state index in [0.29, 0.717) is 23.2 Å². The van der Waals surface area contributed by atoms with Crippen LogP contribution in [0.25, 0.3) is 0 Å². The van der Waals surface area contributed by atoms with Gasteiger partial charge in [0.2, 0.25) is 0 Å². The van der Waals surface area contributed by atoms with Crippen molar-refractivity contribution in [2.24, 2.45) is 5.92 Å². The molecule has 1 aromatic rings. The van der Waals surface area contributed by atoms with Gasteiger partial charge in [-0.05, 0) is 60.9 Å². The minimum Gasteiger partial charge on any atom is -0.309 e. The van der Waals surface area contributed by atoms with Crippen LogP contribution in [0.4, 0.5) is 0 Å². The van der Waals surface area contributed by atoms with Crippen molar-refractivity contribution in [3.63, 3.8) is 0 Å². The molecule has 0 N–H and O–H groups in total. The molecule has 1 aliphatic heterocycles. The quantitative estimate of drug-likeness (QED) is 0.821. The largest absolute Gasteiger partial charge is 0.309 e. The lowest BCUT2D eigenvalue weighted by Gasteiger charge is -2.32. The van der Waals surface area contributed by atoms with Crippen LogP contribution in [-0.4, -0.2) is 51.4 Å². The second-order valence-corrected chi connectivity index (χ2v) is 9.80. The number of piperidine rings is 1. The molecule has 19 heavy (non-hydrogen) atoms. The summed E-state index contributed by atoms with van der Waals surface area (Å²) >= 11 is 4.59. The van der Waals surface area contributed by atoms with Crippen LogP contribution in [0.3, 0.4) is 0 Å². The maximum absolute atomic E-state index is 12.4. The number of hydrogen-bond donors (Lipinski definition) is 0. The van der Waals surface area contributed by atoms with Gasteiger partial charge < -0.3 is 4.90 Å². The molecule has 0 spiro atoms. The average Bonchev–Trinajstić information content (AvgIpc) is 2.76. The van der Waals surface area contributed by atoms with Gasteiger partial charge in [0, 0.05) is 19.6 Å². The van der Waals surface area contributed by atoms with Gasteiger partial charge >= 0.3 is 0 Å². The fraction of sp³-hybridized carbons (Fsp3) is 0.667. The SMILES string of the molecule is CN(C)CC1CCN(S(=O)(=O)c2ccc(Br)s2)CC1. The molecule has 0 atom stereocenters. The van der Waals surface area contributed by atoms with Crippen LogP contribution in [0.15, 0.2) is 20.1 Å². The zero-order chi connectivity index (χ0) is 14.0. The van der Waals surface area contributed by atoms with Crippen molar-refractivity contribution in [2.45, 2.75) is 17.1 Å². The van der Waals surface area contributed by atoms with Crippen molar-refractivity contribution in [3.05, 3.63) is 15.9 Å². The van der Waals surface area contributed by atoms with Gasteiger partial charge in [0.05, 0.1) is 3.79 Å². The Labute approximate surface area is 127 Å². The van der Waals surface area contributed by atoms with Crippen molar-refractivity contribution in [2.75, 3.05) is 33.7 Å². The summed E-state index contributed by atoms with van der Waals surface area (Å²) in [6.45, 7) is 2.31. The highest BCUT2D eigenvalue weighted by molar-refractivity contribution is 9.11. The zero-order valence-electron chi connectivity index (χ0n) is 11.2. The molecule has 0 amide bonds. The predicted octanol–water partition coefficient (Wildman–Crippen LogP) is 2.47. The second kappa shape index (κ2) is 6.22. The van der Waals surface area contributed by atoms with Crippen LogP contribution in [0.5, 0.6) is 0 Å². The molecule has 2 rings (SSSR count). The van der Waals surface area contributed by atoms with Crippen molar-refractivity contribution in [1.29, 1.82) is 0 Å². The fourth-order valence-electron chi connectivity index (χ4n) is 2.41. The van der Waals surface area contributed by atoms with E-state index in [0.717, 1.165) is 23.2 Å². The standard InChI is InChI=1S/C12H19BrN2O2S2/c1-14(2)9-10-5-7-15(8-6-10)19(16,17)12-4-3-11(13)18-12/h3-4,10H,5-9H2,1-2H3. The molecule has 0 radical (unpaired) electrons. The topological polar surface area (TPSA) is 40.6 Å². The van der Waals surface area contributed by atoms with Gasteiger partial charge in [-0.3, -0.25) is 0 Å². The summed E-state index contributed by atoms with van der Waals surface area (Å²) in [6, 6.07) is 3.46. The van der Waals surface area contributed by atoms with E-state index >= 15 is 0 Å². The van der Waals surface area contributed by atoms with Gasteiger partial charge in [-0.1, -0.05) is 0 Å². The molecule has 108 valence electrons. The van der Waals surface area contributed by atoms with E-state index < -0.39 is 10.0 Å². The Hall–Kier alpha value is 0.0500. The van der Waals surface area contributed by atoms with E-state index in [-0.39, 0.29) is 0 Å². The number of thiophene rings is 1. The van der Waals surface area contributed by atoms with E-state index in [2.05, 4.69) is 34.9 Å². The van der Waals surface area contributed by atoms with E-state index in [9.17, 15) is 8.42 Å². The third-order valence-corrected chi connectivity index (χ3v) is 7.33. The third kappa shape index (κ3) is 3.78. The molecule has 1 fully saturated rings. The summed E-state index contributed by atoms with van der Waals surface area (Å²) in [5.74, 6) is 0.608. The van der Waals surface area contributed by atoms with Gasteiger partial charge in [-0.15, -0.1) is 11.3 Å². The Balaban J connectivity index is 2.01. The molecule has 0 bridgehead atoms. The Bertz CT molecular complexity index is 520. The molecule has 0 aromatic carbocycles. The van der Waals surface area contributed by atoms with Crippen LogP contribution in [0.1, 0.15) is 12.8 Å². The zero-order valence-corrected chi connectivity index (χ0v) is 14.4. The van der Waals surface area contributed by atoms with E-state index in [1.807, 2.05) is 0 Å². The maximum Gasteiger partial charge on any atom is 0.252 e. The molecule has 1 aliphatic rings. The van der Waals surface area contributed by atoms with Gasteiger partial charge in [0.25, 0.3) is 10.0 Å². The minimum atomic E-state index is -3.28. The van der Waals surface area contributed by atoms with E-state index in [1.165, 1.54) is 11.3 Å². The first-order valence-electron chi connectivity index (χ1n) is 6.30. The highest BCUT2D eigenvalue weighted by Gasteiger charge is 2.30. The fourth-order valence-corrected chi connectivity index (χ4v) is 6.05. The molecule has 7 heteroatoms. The predicted molar refractivity (Wildman–Crippen MR) is 82.1 cm³/mol. The minimum absolute atomic E-state index is 0.436. The first-order chi connectivity index (χ1) is 8.89. The summed E-state index contributed by atoms with van der Waals surface area (Å²) in [5, 5.41) is 0. The molecular formula is C12H19BrN2O2S2. The lowest BCUT2D eigenvalue weighted by molar-refractivity contribution is 0.225. The number of nitrogens with zero attached hydrogens (tertiary/aromatic N) is 2. The third-order valence-electron chi connectivity index (χ3n) is 3.34. The number of halogens is 1.